The van der Waals surface area contributed by atoms with E-state index in [0.29, 0.717) is 18.9 Å². The van der Waals surface area contributed by atoms with Gasteiger partial charge in [0, 0.05) is 31.9 Å². The van der Waals surface area contributed by atoms with E-state index in [2.05, 4.69) is 47.6 Å². The molecule has 1 heterocycles. The largest absolute Gasteiger partial charge is 0.388 e. The minimum absolute atomic E-state index is 0. The van der Waals surface area contributed by atoms with Crippen molar-refractivity contribution in [3.05, 3.63) is 53.3 Å². The molecule has 156 valence electrons. The SMILES string of the molecule is CCNC(=NCC(C)Cn1nc(C)cc1C)NCCC(O)c1ccccc1.I. The van der Waals surface area contributed by atoms with Crippen molar-refractivity contribution in [1.82, 2.24) is 20.4 Å². The molecule has 6 nitrogen and oxygen atoms in total. The first-order valence-electron chi connectivity index (χ1n) is 9.75. The number of rotatable bonds is 9. The molecular weight excluding hydrogens is 465 g/mol. The van der Waals surface area contributed by atoms with Crippen molar-refractivity contribution < 1.29 is 5.11 Å². The summed E-state index contributed by atoms with van der Waals surface area (Å²) in [6.07, 6.45) is 0.168. The lowest BCUT2D eigenvalue weighted by molar-refractivity contribution is 0.168. The number of aliphatic hydroxyl groups excluding tert-OH is 1. The van der Waals surface area contributed by atoms with Gasteiger partial charge in [-0.1, -0.05) is 37.3 Å². The zero-order chi connectivity index (χ0) is 19.6. The van der Waals surface area contributed by atoms with Gasteiger partial charge in [0.25, 0.3) is 0 Å². The van der Waals surface area contributed by atoms with Crippen LogP contribution >= 0.6 is 24.0 Å². The number of hydrogen-bond donors (Lipinski definition) is 3. The highest BCUT2D eigenvalue weighted by Gasteiger charge is 2.09. The summed E-state index contributed by atoms with van der Waals surface area (Å²) in [5, 5.41) is 21.4. The fraction of sp³-hybridized carbons (Fsp3) is 0.524. The summed E-state index contributed by atoms with van der Waals surface area (Å²) in [5.74, 6) is 1.17. The number of aliphatic hydroxyl groups is 1. The number of aromatic nitrogens is 2. The van der Waals surface area contributed by atoms with Gasteiger partial charge in [-0.3, -0.25) is 9.67 Å². The molecule has 0 radical (unpaired) electrons. The summed E-state index contributed by atoms with van der Waals surface area (Å²) in [6, 6.07) is 11.8. The zero-order valence-corrected chi connectivity index (χ0v) is 19.7. The van der Waals surface area contributed by atoms with Gasteiger partial charge in [-0.05, 0) is 44.7 Å². The lowest BCUT2D eigenvalue weighted by atomic mass is 10.1. The van der Waals surface area contributed by atoms with E-state index >= 15 is 0 Å². The molecule has 2 unspecified atom stereocenters. The molecule has 2 aromatic rings. The van der Waals surface area contributed by atoms with E-state index in [4.69, 9.17) is 0 Å². The third-order valence-electron chi connectivity index (χ3n) is 4.39. The zero-order valence-electron chi connectivity index (χ0n) is 17.4. The maximum absolute atomic E-state index is 10.3. The van der Waals surface area contributed by atoms with Crippen LogP contribution in [0.1, 0.15) is 43.3 Å². The van der Waals surface area contributed by atoms with Crippen LogP contribution in [0.5, 0.6) is 0 Å². The van der Waals surface area contributed by atoms with Gasteiger partial charge >= 0.3 is 0 Å². The Morgan fingerprint density at radius 3 is 2.54 bits per heavy atom. The second-order valence-electron chi connectivity index (χ2n) is 7.08. The molecule has 0 aliphatic heterocycles. The highest BCUT2D eigenvalue weighted by molar-refractivity contribution is 14.0. The molecule has 2 atom stereocenters. The first-order valence-corrected chi connectivity index (χ1v) is 9.75. The average molecular weight is 499 g/mol. The van der Waals surface area contributed by atoms with Gasteiger partial charge in [0.1, 0.15) is 0 Å². The number of guanidine groups is 1. The predicted octanol–water partition coefficient (Wildman–Crippen LogP) is 3.43. The van der Waals surface area contributed by atoms with Crippen LogP contribution in [0.25, 0.3) is 0 Å². The molecule has 0 saturated heterocycles. The number of halogens is 1. The van der Waals surface area contributed by atoms with Crippen LogP contribution in [0.4, 0.5) is 0 Å². The summed E-state index contributed by atoms with van der Waals surface area (Å²) < 4.78 is 2.05. The molecule has 3 N–H and O–H groups in total. The number of hydrogen-bond acceptors (Lipinski definition) is 3. The first-order chi connectivity index (χ1) is 13.0. The predicted molar refractivity (Wildman–Crippen MR) is 126 cm³/mol. The molecule has 0 spiro atoms. The molecule has 2 rings (SSSR count). The molecule has 0 bridgehead atoms. The second-order valence-corrected chi connectivity index (χ2v) is 7.08. The van der Waals surface area contributed by atoms with Crippen molar-refractivity contribution in [3.63, 3.8) is 0 Å². The van der Waals surface area contributed by atoms with Gasteiger partial charge in [-0.15, -0.1) is 24.0 Å². The van der Waals surface area contributed by atoms with E-state index in [1.165, 1.54) is 5.69 Å². The standard InChI is InChI=1S/C21H33N5O.HI/c1-5-22-21(23-12-11-20(27)19-9-7-6-8-10-19)24-14-16(2)15-26-18(4)13-17(3)25-26;/h6-10,13,16,20,27H,5,11-12,14-15H2,1-4H3,(H2,22,23,24);1H. The van der Waals surface area contributed by atoms with Crippen LogP contribution in [-0.2, 0) is 6.54 Å². The number of aliphatic imine (C=N–C) groups is 1. The topological polar surface area (TPSA) is 74.5 Å². The summed E-state index contributed by atoms with van der Waals surface area (Å²) in [4.78, 5) is 4.69. The minimum atomic E-state index is -0.466. The number of benzene rings is 1. The van der Waals surface area contributed by atoms with E-state index in [-0.39, 0.29) is 24.0 Å². The molecule has 0 saturated carbocycles. The first kappa shape index (κ1) is 24.4. The molecule has 0 fully saturated rings. The smallest absolute Gasteiger partial charge is 0.191 e. The quantitative estimate of drug-likeness (QED) is 0.281. The maximum Gasteiger partial charge on any atom is 0.191 e. The Labute approximate surface area is 185 Å². The molecule has 0 aliphatic carbocycles. The van der Waals surface area contributed by atoms with Crippen LogP contribution < -0.4 is 10.6 Å². The third kappa shape index (κ3) is 8.18. The van der Waals surface area contributed by atoms with Crippen LogP contribution in [0, 0.1) is 19.8 Å². The molecular formula is C21H34IN5O. The summed E-state index contributed by atoms with van der Waals surface area (Å²) >= 11 is 0. The average Bonchev–Trinajstić information content (AvgIpc) is 2.97. The fourth-order valence-electron chi connectivity index (χ4n) is 2.97. The molecule has 7 heteroatoms. The van der Waals surface area contributed by atoms with Gasteiger partial charge in [-0.25, -0.2) is 0 Å². The van der Waals surface area contributed by atoms with Crippen molar-refractivity contribution in [1.29, 1.82) is 0 Å². The van der Waals surface area contributed by atoms with Gasteiger partial charge in [0.15, 0.2) is 5.96 Å². The lowest BCUT2D eigenvalue weighted by Gasteiger charge is -2.16. The van der Waals surface area contributed by atoms with Crippen LogP contribution in [-0.4, -0.2) is 40.5 Å². The van der Waals surface area contributed by atoms with E-state index in [0.717, 1.165) is 36.9 Å². The highest BCUT2D eigenvalue weighted by atomic mass is 127. The molecule has 1 aromatic heterocycles. The van der Waals surface area contributed by atoms with Crippen molar-refractivity contribution in [2.24, 2.45) is 10.9 Å². The van der Waals surface area contributed by atoms with Gasteiger partial charge < -0.3 is 15.7 Å². The van der Waals surface area contributed by atoms with Crippen LogP contribution in [0.2, 0.25) is 0 Å². The third-order valence-corrected chi connectivity index (χ3v) is 4.39. The number of nitrogens with one attached hydrogen (secondary N) is 2. The van der Waals surface area contributed by atoms with Gasteiger partial charge in [-0.2, -0.15) is 5.10 Å². The van der Waals surface area contributed by atoms with E-state index < -0.39 is 6.10 Å². The van der Waals surface area contributed by atoms with E-state index in [1.54, 1.807) is 0 Å². The summed E-state index contributed by atoms with van der Waals surface area (Å²) in [5.41, 5.74) is 3.18. The van der Waals surface area contributed by atoms with Gasteiger partial charge in [0.05, 0.1) is 11.8 Å². The summed E-state index contributed by atoms with van der Waals surface area (Å²) in [6.45, 7) is 11.4. The Morgan fingerprint density at radius 1 is 1.21 bits per heavy atom. The van der Waals surface area contributed by atoms with Gasteiger partial charge in [0.2, 0.25) is 0 Å². The Morgan fingerprint density at radius 2 is 1.93 bits per heavy atom. The number of nitrogens with zero attached hydrogens (tertiary/aromatic N) is 3. The van der Waals surface area contributed by atoms with Crippen molar-refractivity contribution >= 4 is 29.9 Å². The van der Waals surface area contributed by atoms with Crippen molar-refractivity contribution in [2.45, 2.75) is 46.8 Å². The van der Waals surface area contributed by atoms with Crippen molar-refractivity contribution in [2.75, 3.05) is 19.6 Å². The Balaban J connectivity index is 0.00000392. The van der Waals surface area contributed by atoms with E-state index in [1.807, 2.05) is 41.9 Å². The highest BCUT2D eigenvalue weighted by Crippen LogP contribution is 2.14. The van der Waals surface area contributed by atoms with Crippen molar-refractivity contribution in [3.8, 4) is 0 Å². The molecule has 28 heavy (non-hydrogen) atoms. The molecule has 0 aliphatic rings. The Bertz CT molecular complexity index is 717. The monoisotopic (exact) mass is 499 g/mol. The maximum atomic E-state index is 10.3. The Kier molecular flexibility index (Phi) is 11.1. The second kappa shape index (κ2) is 12.8. The summed E-state index contributed by atoms with van der Waals surface area (Å²) in [7, 11) is 0. The van der Waals surface area contributed by atoms with E-state index in [9.17, 15) is 5.11 Å². The molecule has 1 aromatic carbocycles. The lowest BCUT2D eigenvalue weighted by Crippen LogP contribution is -2.38. The molecule has 0 amide bonds. The normalized spacial score (nSPS) is 13.5. The minimum Gasteiger partial charge on any atom is -0.388 e. The Hall–Kier alpha value is -1.61. The number of aryl methyl sites for hydroxylation is 2. The fourth-order valence-corrected chi connectivity index (χ4v) is 2.97. The van der Waals surface area contributed by atoms with Crippen LogP contribution in [0.3, 0.4) is 0 Å². The van der Waals surface area contributed by atoms with Crippen LogP contribution in [0.15, 0.2) is 41.4 Å².